The van der Waals surface area contributed by atoms with Crippen LogP contribution in [0, 0.1) is 0 Å². The quantitative estimate of drug-likeness (QED) is 0.617. The average molecular weight is 330 g/mol. The minimum atomic E-state index is -0.0228. The lowest BCUT2D eigenvalue weighted by Crippen LogP contribution is -1.91. The first-order valence-electron chi connectivity index (χ1n) is 7.75. The number of aliphatic hydroxyl groups is 1. The summed E-state index contributed by atoms with van der Waals surface area (Å²) >= 11 is 0. The Morgan fingerprint density at radius 2 is 1.56 bits per heavy atom. The van der Waals surface area contributed by atoms with E-state index in [-0.39, 0.29) is 6.61 Å². The van der Waals surface area contributed by atoms with Crippen LogP contribution in [0.2, 0.25) is 0 Å². The van der Waals surface area contributed by atoms with E-state index >= 15 is 0 Å². The van der Waals surface area contributed by atoms with Crippen LogP contribution in [0.15, 0.2) is 71.4 Å². The van der Waals surface area contributed by atoms with Gasteiger partial charge in [0.15, 0.2) is 0 Å². The average Bonchev–Trinajstić information content (AvgIpc) is 3.19. The number of nitrogens with zero attached hydrogens (tertiary/aromatic N) is 4. The van der Waals surface area contributed by atoms with E-state index in [0.29, 0.717) is 23.2 Å². The summed E-state index contributed by atoms with van der Waals surface area (Å²) in [6.07, 6.45) is 3.25. The maximum absolute atomic E-state index is 9.28. The fourth-order valence-electron chi connectivity index (χ4n) is 2.46. The highest BCUT2D eigenvalue weighted by Crippen LogP contribution is 2.24. The lowest BCUT2D eigenvalue weighted by molar-refractivity contribution is 0.282. The van der Waals surface area contributed by atoms with Gasteiger partial charge in [0, 0.05) is 11.1 Å². The van der Waals surface area contributed by atoms with E-state index in [1.165, 1.54) is 0 Å². The number of aromatic nitrogens is 4. The number of hydrogen-bond acceptors (Lipinski definition) is 6. The van der Waals surface area contributed by atoms with Crippen LogP contribution in [-0.2, 0) is 6.61 Å². The first-order valence-corrected chi connectivity index (χ1v) is 7.75. The van der Waals surface area contributed by atoms with E-state index < -0.39 is 0 Å². The van der Waals surface area contributed by atoms with Crippen molar-refractivity contribution in [2.45, 2.75) is 6.61 Å². The molecule has 122 valence electrons. The van der Waals surface area contributed by atoms with Crippen molar-refractivity contribution >= 4 is 0 Å². The summed E-state index contributed by atoms with van der Waals surface area (Å²) in [4.78, 5) is 8.78. The Morgan fingerprint density at radius 3 is 2.40 bits per heavy atom. The second-order valence-electron chi connectivity index (χ2n) is 5.43. The molecule has 0 spiro atoms. The van der Waals surface area contributed by atoms with Crippen molar-refractivity contribution in [2.24, 2.45) is 0 Å². The van der Waals surface area contributed by atoms with Crippen LogP contribution in [-0.4, -0.2) is 25.3 Å². The SMILES string of the molecule is OCc1cccc(-c2cncc(-c3nnc(-c4ccccc4)o3)n2)c1. The van der Waals surface area contributed by atoms with Crippen molar-refractivity contribution < 1.29 is 9.52 Å². The lowest BCUT2D eigenvalue weighted by Gasteiger charge is -2.03. The van der Waals surface area contributed by atoms with Crippen molar-refractivity contribution in [3.05, 3.63) is 72.6 Å². The molecule has 0 bridgehead atoms. The van der Waals surface area contributed by atoms with Gasteiger partial charge >= 0.3 is 0 Å². The Hall–Kier alpha value is -3.38. The Kier molecular flexibility index (Phi) is 4.02. The Bertz CT molecular complexity index is 999. The molecule has 0 saturated carbocycles. The maximum atomic E-state index is 9.28. The van der Waals surface area contributed by atoms with Crippen LogP contribution < -0.4 is 0 Å². The van der Waals surface area contributed by atoms with E-state index in [0.717, 1.165) is 16.7 Å². The minimum Gasteiger partial charge on any atom is -0.415 e. The molecule has 0 amide bonds. The topological polar surface area (TPSA) is 84.9 Å². The van der Waals surface area contributed by atoms with Gasteiger partial charge in [-0.25, -0.2) is 4.98 Å². The molecule has 2 heterocycles. The van der Waals surface area contributed by atoms with Crippen molar-refractivity contribution in [1.29, 1.82) is 0 Å². The van der Waals surface area contributed by atoms with Crippen molar-refractivity contribution in [3.8, 4) is 34.3 Å². The highest BCUT2D eigenvalue weighted by atomic mass is 16.4. The zero-order valence-electron chi connectivity index (χ0n) is 13.2. The summed E-state index contributed by atoms with van der Waals surface area (Å²) in [5, 5.41) is 17.4. The maximum Gasteiger partial charge on any atom is 0.268 e. The van der Waals surface area contributed by atoms with E-state index in [4.69, 9.17) is 4.42 Å². The van der Waals surface area contributed by atoms with Crippen LogP contribution in [0.1, 0.15) is 5.56 Å². The fourth-order valence-corrected chi connectivity index (χ4v) is 2.46. The number of benzene rings is 2. The molecule has 4 aromatic rings. The third-order valence-corrected chi connectivity index (χ3v) is 3.70. The second kappa shape index (κ2) is 6.62. The summed E-state index contributed by atoms with van der Waals surface area (Å²) < 4.78 is 5.73. The largest absolute Gasteiger partial charge is 0.415 e. The van der Waals surface area contributed by atoms with Gasteiger partial charge in [-0.3, -0.25) is 4.98 Å². The lowest BCUT2D eigenvalue weighted by atomic mass is 10.1. The molecule has 25 heavy (non-hydrogen) atoms. The van der Waals surface area contributed by atoms with Crippen molar-refractivity contribution in [3.63, 3.8) is 0 Å². The smallest absolute Gasteiger partial charge is 0.268 e. The van der Waals surface area contributed by atoms with Gasteiger partial charge in [0.2, 0.25) is 5.89 Å². The highest BCUT2D eigenvalue weighted by Gasteiger charge is 2.13. The van der Waals surface area contributed by atoms with Gasteiger partial charge in [0.25, 0.3) is 5.89 Å². The summed E-state index contributed by atoms with van der Waals surface area (Å²) in [5.41, 5.74) is 3.70. The van der Waals surface area contributed by atoms with Gasteiger partial charge in [0.05, 0.1) is 24.7 Å². The molecule has 2 aromatic heterocycles. The monoisotopic (exact) mass is 330 g/mol. The molecule has 0 unspecified atom stereocenters. The zero-order chi connectivity index (χ0) is 17.1. The Morgan fingerprint density at radius 1 is 0.800 bits per heavy atom. The molecule has 6 nitrogen and oxygen atoms in total. The molecule has 2 aromatic carbocycles. The predicted octanol–water partition coefficient (Wildman–Crippen LogP) is 3.35. The summed E-state index contributed by atoms with van der Waals surface area (Å²) in [7, 11) is 0. The molecule has 0 aliphatic rings. The first-order chi connectivity index (χ1) is 12.3. The molecule has 4 rings (SSSR count). The van der Waals surface area contributed by atoms with Gasteiger partial charge in [-0.1, -0.05) is 36.4 Å². The molecule has 0 saturated heterocycles. The van der Waals surface area contributed by atoms with Crippen LogP contribution in [0.5, 0.6) is 0 Å². The number of aliphatic hydroxyl groups excluding tert-OH is 1. The zero-order valence-corrected chi connectivity index (χ0v) is 13.2. The molecule has 6 heteroatoms. The van der Waals surface area contributed by atoms with Gasteiger partial charge in [-0.05, 0) is 23.8 Å². The number of rotatable bonds is 4. The number of hydrogen-bond donors (Lipinski definition) is 1. The van der Waals surface area contributed by atoms with Gasteiger partial charge in [-0.15, -0.1) is 10.2 Å². The fraction of sp³-hybridized carbons (Fsp3) is 0.0526. The van der Waals surface area contributed by atoms with Crippen molar-refractivity contribution in [1.82, 2.24) is 20.2 Å². The second-order valence-corrected chi connectivity index (χ2v) is 5.43. The first kappa shape index (κ1) is 15.2. The van der Waals surface area contributed by atoms with Crippen LogP contribution in [0.3, 0.4) is 0 Å². The molecular formula is C19H14N4O2. The molecule has 0 radical (unpaired) electrons. The molecule has 0 atom stereocenters. The third kappa shape index (κ3) is 3.15. The summed E-state index contributed by atoms with van der Waals surface area (Å²) in [5.74, 6) is 0.747. The summed E-state index contributed by atoms with van der Waals surface area (Å²) in [6, 6.07) is 17.1. The van der Waals surface area contributed by atoms with Gasteiger partial charge < -0.3 is 9.52 Å². The van der Waals surface area contributed by atoms with E-state index in [1.54, 1.807) is 12.4 Å². The standard InChI is InChI=1S/C19H14N4O2/c24-12-13-5-4-8-15(9-13)16-10-20-11-17(21-16)19-23-22-18(25-19)14-6-2-1-3-7-14/h1-11,24H,12H2. The van der Waals surface area contributed by atoms with Crippen molar-refractivity contribution in [2.75, 3.05) is 0 Å². The Labute approximate surface area is 143 Å². The minimum absolute atomic E-state index is 0.0228. The van der Waals surface area contributed by atoms with Crippen LogP contribution in [0.4, 0.5) is 0 Å². The summed E-state index contributed by atoms with van der Waals surface area (Å²) in [6.45, 7) is -0.0228. The third-order valence-electron chi connectivity index (χ3n) is 3.70. The molecule has 0 fully saturated rings. The molecular weight excluding hydrogens is 316 g/mol. The van der Waals surface area contributed by atoms with E-state index in [2.05, 4.69) is 20.2 Å². The van der Waals surface area contributed by atoms with Gasteiger partial charge in [-0.2, -0.15) is 0 Å². The van der Waals surface area contributed by atoms with E-state index in [9.17, 15) is 5.11 Å². The van der Waals surface area contributed by atoms with Crippen LogP contribution in [0.25, 0.3) is 34.3 Å². The normalized spacial score (nSPS) is 10.8. The highest BCUT2D eigenvalue weighted by molar-refractivity contribution is 5.62. The van der Waals surface area contributed by atoms with Gasteiger partial charge in [0.1, 0.15) is 5.69 Å². The Balaban J connectivity index is 1.69. The van der Waals surface area contributed by atoms with Crippen LogP contribution >= 0.6 is 0 Å². The molecule has 1 N–H and O–H groups in total. The van der Waals surface area contributed by atoms with E-state index in [1.807, 2.05) is 54.6 Å². The molecule has 0 aliphatic heterocycles. The molecule has 0 aliphatic carbocycles. The predicted molar refractivity (Wildman–Crippen MR) is 92.1 cm³/mol.